The summed E-state index contributed by atoms with van der Waals surface area (Å²) in [5.74, 6) is -0.512. The third kappa shape index (κ3) is 4.51. The van der Waals surface area contributed by atoms with Crippen LogP contribution < -0.4 is 5.32 Å². The highest BCUT2D eigenvalue weighted by Crippen LogP contribution is 2.21. The van der Waals surface area contributed by atoms with Gasteiger partial charge < -0.3 is 5.32 Å². The maximum atomic E-state index is 13.7. The van der Waals surface area contributed by atoms with E-state index in [9.17, 15) is 9.18 Å². The van der Waals surface area contributed by atoms with Gasteiger partial charge in [-0.05, 0) is 48.2 Å². The molecule has 0 fully saturated rings. The number of rotatable bonds is 6. The maximum absolute atomic E-state index is 13.7. The van der Waals surface area contributed by atoms with Crippen molar-refractivity contribution in [2.45, 2.75) is 12.8 Å². The molecule has 0 atom stereocenters. The molecule has 3 nitrogen and oxygen atoms in total. The summed E-state index contributed by atoms with van der Waals surface area (Å²) in [5, 5.41) is 2.92. The Morgan fingerprint density at radius 2 is 1.72 bits per heavy atom. The van der Waals surface area contributed by atoms with Crippen LogP contribution in [-0.4, -0.2) is 17.4 Å². The molecule has 0 aliphatic heterocycles. The van der Waals surface area contributed by atoms with E-state index < -0.39 is 5.95 Å². The number of hydrogen-bond acceptors (Lipinski definition) is 2. The number of aromatic nitrogens is 1. The Bertz CT molecular complexity index is 832. The summed E-state index contributed by atoms with van der Waals surface area (Å²) in [6, 6.07) is 20.4. The van der Waals surface area contributed by atoms with Crippen molar-refractivity contribution in [2.75, 3.05) is 6.54 Å². The smallest absolute Gasteiger partial charge is 0.251 e. The zero-order valence-electron chi connectivity index (χ0n) is 13.8. The monoisotopic (exact) mass is 334 g/mol. The van der Waals surface area contributed by atoms with E-state index in [2.05, 4.69) is 10.3 Å². The van der Waals surface area contributed by atoms with Gasteiger partial charge in [0.15, 0.2) is 0 Å². The molecule has 1 heterocycles. The van der Waals surface area contributed by atoms with Crippen LogP contribution in [0.25, 0.3) is 11.1 Å². The number of aryl methyl sites for hydroxylation is 1. The average molecular weight is 334 g/mol. The summed E-state index contributed by atoms with van der Waals surface area (Å²) in [4.78, 5) is 15.6. The van der Waals surface area contributed by atoms with Gasteiger partial charge in [0.2, 0.25) is 5.95 Å². The number of hydrogen-bond donors (Lipinski definition) is 1. The number of benzene rings is 2. The lowest BCUT2D eigenvalue weighted by Crippen LogP contribution is -2.24. The van der Waals surface area contributed by atoms with Crippen LogP contribution in [0.1, 0.15) is 22.3 Å². The first-order chi connectivity index (χ1) is 12.2. The highest BCUT2D eigenvalue weighted by Gasteiger charge is 2.06. The molecule has 3 aromatic rings. The molecule has 0 unspecified atom stereocenters. The first-order valence-electron chi connectivity index (χ1n) is 8.27. The molecular formula is C21H19FN2O. The predicted molar refractivity (Wildman–Crippen MR) is 96.7 cm³/mol. The van der Waals surface area contributed by atoms with Gasteiger partial charge in [0.1, 0.15) is 0 Å². The summed E-state index contributed by atoms with van der Waals surface area (Å²) < 4.78 is 13.7. The number of carbonyl (C=O) groups excluding carboxylic acids is 1. The van der Waals surface area contributed by atoms with Crippen LogP contribution in [-0.2, 0) is 6.42 Å². The zero-order valence-corrected chi connectivity index (χ0v) is 13.8. The molecule has 4 heteroatoms. The average Bonchev–Trinajstić information content (AvgIpc) is 2.67. The van der Waals surface area contributed by atoms with Crippen molar-refractivity contribution in [1.29, 1.82) is 0 Å². The van der Waals surface area contributed by atoms with E-state index in [-0.39, 0.29) is 5.91 Å². The van der Waals surface area contributed by atoms with Crippen molar-refractivity contribution in [3.05, 3.63) is 90.0 Å². The molecule has 0 aliphatic carbocycles. The molecule has 126 valence electrons. The van der Waals surface area contributed by atoms with Crippen molar-refractivity contribution >= 4 is 5.91 Å². The van der Waals surface area contributed by atoms with Crippen LogP contribution in [0.5, 0.6) is 0 Å². The van der Waals surface area contributed by atoms with E-state index in [4.69, 9.17) is 0 Å². The number of nitrogens with zero attached hydrogens (tertiary/aromatic N) is 1. The van der Waals surface area contributed by atoms with Gasteiger partial charge in [0.25, 0.3) is 5.91 Å². The highest BCUT2D eigenvalue weighted by atomic mass is 19.1. The van der Waals surface area contributed by atoms with Crippen LogP contribution in [0.4, 0.5) is 4.39 Å². The van der Waals surface area contributed by atoms with E-state index in [0.29, 0.717) is 17.7 Å². The van der Waals surface area contributed by atoms with Gasteiger partial charge >= 0.3 is 0 Å². The highest BCUT2D eigenvalue weighted by molar-refractivity contribution is 5.94. The number of pyridine rings is 1. The van der Waals surface area contributed by atoms with Crippen molar-refractivity contribution in [2.24, 2.45) is 0 Å². The molecule has 0 bridgehead atoms. The van der Waals surface area contributed by atoms with Crippen LogP contribution in [0, 0.1) is 5.95 Å². The fourth-order valence-electron chi connectivity index (χ4n) is 2.64. The minimum absolute atomic E-state index is 0.0528. The second-order valence-electron chi connectivity index (χ2n) is 5.76. The first-order valence-corrected chi connectivity index (χ1v) is 8.27. The van der Waals surface area contributed by atoms with Crippen LogP contribution in [0.3, 0.4) is 0 Å². The second-order valence-corrected chi connectivity index (χ2v) is 5.76. The molecule has 1 aromatic heterocycles. The van der Waals surface area contributed by atoms with Crippen molar-refractivity contribution in [1.82, 2.24) is 10.3 Å². The fraction of sp³-hybridized carbons (Fsp3) is 0.143. The molecule has 0 aliphatic rings. The lowest BCUT2D eigenvalue weighted by molar-refractivity contribution is 0.0953. The van der Waals surface area contributed by atoms with Crippen LogP contribution in [0.15, 0.2) is 72.9 Å². The van der Waals surface area contributed by atoms with Gasteiger partial charge in [-0.25, -0.2) is 4.98 Å². The largest absolute Gasteiger partial charge is 0.352 e. The van der Waals surface area contributed by atoms with Crippen molar-refractivity contribution < 1.29 is 9.18 Å². The number of amides is 1. The van der Waals surface area contributed by atoms with E-state index in [1.54, 1.807) is 24.3 Å². The third-order valence-electron chi connectivity index (χ3n) is 3.99. The van der Waals surface area contributed by atoms with Crippen LogP contribution in [0.2, 0.25) is 0 Å². The molecule has 1 N–H and O–H groups in total. The Labute approximate surface area is 146 Å². The first kappa shape index (κ1) is 16.8. The molecule has 3 rings (SSSR count). The molecule has 0 saturated heterocycles. The Morgan fingerprint density at radius 3 is 2.44 bits per heavy atom. The Kier molecular flexibility index (Phi) is 5.52. The molecule has 25 heavy (non-hydrogen) atoms. The van der Waals surface area contributed by atoms with Crippen molar-refractivity contribution in [3.8, 4) is 11.1 Å². The molecule has 0 radical (unpaired) electrons. The maximum Gasteiger partial charge on any atom is 0.251 e. The quantitative estimate of drug-likeness (QED) is 0.541. The summed E-state index contributed by atoms with van der Waals surface area (Å²) in [6.07, 6.45) is 3.14. The van der Waals surface area contributed by atoms with E-state index in [1.807, 2.05) is 42.5 Å². The number of nitrogens with one attached hydrogen (secondary N) is 1. The number of carbonyl (C=O) groups is 1. The summed E-state index contributed by atoms with van der Waals surface area (Å²) in [6.45, 7) is 0.618. The van der Waals surface area contributed by atoms with Crippen LogP contribution >= 0.6 is 0 Å². The van der Waals surface area contributed by atoms with E-state index >= 15 is 0 Å². The van der Waals surface area contributed by atoms with Crippen molar-refractivity contribution in [3.63, 3.8) is 0 Å². The molecule has 2 aromatic carbocycles. The molecule has 0 spiro atoms. The summed E-state index contributed by atoms with van der Waals surface area (Å²) in [7, 11) is 0. The second kappa shape index (κ2) is 8.20. The van der Waals surface area contributed by atoms with E-state index in [1.165, 1.54) is 6.20 Å². The topological polar surface area (TPSA) is 42.0 Å². The molecular weight excluding hydrogens is 315 g/mol. The third-order valence-corrected chi connectivity index (χ3v) is 3.99. The fourth-order valence-corrected chi connectivity index (χ4v) is 2.64. The SMILES string of the molecule is O=C(NCCCc1ccc(-c2cccnc2F)cc1)c1ccccc1. The lowest BCUT2D eigenvalue weighted by Gasteiger charge is -2.07. The molecule has 1 amide bonds. The molecule has 0 saturated carbocycles. The standard InChI is InChI=1S/C21H19FN2O/c22-20-19(9-5-14-23-20)17-12-10-16(11-13-17)6-4-15-24-21(25)18-7-2-1-3-8-18/h1-3,5,7-14H,4,6,15H2,(H,24,25). The Morgan fingerprint density at radius 1 is 0.960 bits per heavy atom. The van der Waals surface area contributed by atoms with Gasteiger partial charge in [-0.15, -0.1) is 0 Å². The van der Waals surface area contributed by atoms with Gasteiger partial charge in [-0.3, -0.25) is 4.79 Å². The Balaban J connectivity index is 1.49. The van der Waals surface area contributed by atoms with Gasteiger partial charge in [-0.1, -0.05) is 42.5 Å². The zero-order chi connectivity index (χ0) is 17.5. The van der Waals surface area contributed by atoms with E-state index in [0.717, 1.165) is 24.0 Å². The van der Waals surface area contributed by atoms with Gasteiger partial charge in [0.05, 0.1) is 0 Å². The normalized spacial score (nSPS) is 10.4. The minimum atomic E-state index is -0.459. The summed E-state index contributed by atoms with van der Waals surface area (Å²) >= 11 is 0. The number of halogens is 1. The minimum Gasteiger partial charge on any atom is -0.352 e. The lowest BCUT2D eigenvalue weighted by atomic mass is 10.0. The van der Waals surface area contributed by atoms with Gasteiger partial charge in [-0.2, -0.15) is 4.39 Å². The van der Waals surface area contributed by atoms with Gasteiger partial charge in [0, 0.05) is 23.9 Å². The summed E-state index contributed by atoms with van der Waals surface area (Å²) in [5.41, 5.74) is 3.14. The Hall–Kier alpha value is -3.01. The predicted octanol–water partition coefficient (Wildman–Crippen LogP) is 4.25.